The molecule has 0 aromatic heterocycles. The molecule has 4 heteroatoms. The number of nitrogens with one attached hydrogen (secondary N) is 2. The molecule has 0 bridgehead atoms. The molecule has 2 N–H and O–H groups in total. The summed E-state index contributed by atoms with van der Waals surface area (Å²) < 4.78 is 12.7. The second kappa shape index (κ2) is 4.15. The zero-order valence-corrected chi connectivity index (χ0v) is 8.44. The van der Waals surface area contributed by atoms with Crippen molar-refractivity contribution in [3.8, 4) is 0 Å². The SMILES string of the molecule is Fc1ccc(NC2CCNC2)c(Cl)c1. The van der Waals surface area contributed by atoms with E-state index < -0.39 is 0 Å². The fourth-order valence-corrected chi connectivity index (χ4v) is 1.83. The first kappa shape index (κ1) is 9.74. The van der Waals surface area contributed by atoms with Gasteiger partial charge in [-0.1, -0.05) is 11.6 Å². The Balaban J connectivity index is 2.08. The van der Waals surface area contributed by atoms with Gasteiger partial charge >= 0.3 is 0 Å². The highest BCUT2D eigenvalue weighted by Crippen LogP contribution is 2.23. The van der Waals surface area contributed by atoms with Crippen LogP contribution in [0.15, 0.2) is 18.2 Å². The fraction of sp³-hybridized carbons (Fsp3) is 0.400. The van der Waals surface area contributed by atoms with E-state index in [1.54, 1.807) is 6.07 Å². The van der Waals surface area contributed by atoms with Gasteiger partial charge in [-0.2, -0.15) is 0 Å². The number of halogens is 2. The van der Waals surface area contributed by atoms with Crippen molar-refractivity contribution in [2.75, 3.05) is 18.4 Å². The van der Waals surface area contributed by atoms with E-state index in [9.17, 15) is 4.39 Å². The zero-order valence-electron chi connectivity index (χ0n) is 7.69. The van der Waals surface area contributed by atoms with Crippen LogP contribution in [0.4, 0.5) is 10.1 Å². The minimum Gasteiger partial charge on any atom is -0.380 e. The average Bonchev–Trinajstić information content (AvgIpc) is 2.62. The third-order valence-corrected chi connectivity index (χ3v) is 2.66. The topological polar surface area (TPSA) is 24.1 Å². The predicted molar refractivity (Wildman–Crippen MR) is 56.3 cm³/mol. The lowest BCUT2D eigenvalue weighted by atomic mass is 10.2. The van der Waals surface area contributed by atoms with E-state index in [4.69, 9.17) is 11.6 Å². The second-order valence-electron chi connectivity index (χ2n) is 3.46. The van der Waals surface area contributed by atoms with Gasteiger partial charge in [-0.3, -0.25) is 0 Å². The highest BCUT2D eigenvalue weighted by atomic mass is 35.5. The molecule has 1 aliphatic rings. The summed E-state index contributed by atoms with van der Waals surface area (Å²) in [6.45, 7) is 1.96. The molecule has 1 aromatic carbocycles. The first-order valence-corrected chi connectivity index (χ1v) is 5.06. The van der Waals surface area contributed by atoms with Gasteiger partial charge in [-0.15, -0.1) is 0 Å². The lowest BCUT2D eigenvalue weighted by Crippen LogP contribution is -2.22. The zero-order chi connectivity index (χ0) is 9.97. The summed E-state index contributed by atoms with van der Waals surface area (Å²) in [5, 5.41) is 6.96. The van der Waals surface area contributed by atoms with Crippen molar-refractivity contribution in [3.05, 3.63) is 29.0 Å². The summed E-state index contributed by atoms with van der Waals surface area (Å²) in [5.41, 5.74) is 0.807. The van der Waals surface area contributed by atoms with Crippen molar-refractivity contribution < 1.29 is 4.39 Å². The third kappa shape index (κ3) is 2.16. The first-order valence-electron chi connectivity index (χ1n) is 4.68. The van der Waals surface area contributed by atoms with Crippen LogP contribution in [-0.2, 0) is 0 Å². The molecule has 0 aliphatic carbocycles. The van der Waals surface area contributed by atoms with E-state index in [0.717, 1.165) is 25.2 Å². The maximum Gasteiger partial charge on any atom is 0.124 e. The maximum absolute atomic E-state index is 12.7. The highest BCUT2D eigenvalue weighted by Gasteiger charge is 2.14. The Kier molecular flexibility index (Phi) is 2.89. The van der Waals surface area contributed by atoms with Crippen LogP contribution in [0, 0.1) is 5.82 Å². The molecule has 1 saturated heterocycles. The Bertz CT molecular complexity index is 324. The molecule has 0 radical (unpaired) electrons. The molecule has 1 aromatic rings. The second-order valence-corrected chi connectivity index (χ2v) is 3.87. The molecule has 76 valence electrons. The smallest absolute Gasteiger partial charge is 0.124 e. The third-order valence-electron chi connectivity index (χ3n) is 2.35. The molecular formula is C10H12ClFN2. The van der Waals surface area contributed by atoms with E-state index in [1.165, 1.54) is 12.1 Å². The van der Waals surface area contributed by atoms with Gasteiger partial charge in [0.15, 0.2) is 0 Å². The minimum atomic E-state index is -0.301. The fourth-order valence-electron chi connectivity index (χ4n) is 1.60. The van der Waals surface area contributed by atoms with E-state index in [0.29, 0.717) is 11.1 Å². The number of benzene rings is 1. The van der Waals surface area contributed by atoms with Crippen LogP contribution in [-0.4, -0.2) is 19.1 Å². The standard InChI is InChI=1S/C10H12ClFN2/c11-9-5-7(12)1-2-10(9)14-8-3-4-13-6-8/h1-2,5,8,13-14H,3-4,6H2. The molecule has 1 aliphatic heterocycles. The molecule has 1 heterocycles. The van der Waals surface area contributed by atoms with Gasteiger partial charge in [0.25, 0.3) is 0 Å². The summed E-state index contributed by atoms with van der Waals surface area (Å²) in [7, 11) is 0. The van der Waals surface area contributed by atoms with Crippen molar-refractivity contribution in [1.29, 1.82) is 0 Å². The molecular weight excluding hydrogens is 203 g/mol. The Morgan fingerprint density at radius 3 is 3.00 bits per heavy atom. The summed E-state index contributed by atoms with van der Waals surface area (Å²) in [4.78, 5) is 0. The first-order chi connectivity index (χ1) is 6.75. The Hall–Kier alpha value is -0.800. The monoisotopic (exact) mass is 214 g/mol. The van der Waals surface area contributed by atoms with Crippen LogP contribution in [0.25, 0.3) is 0 Å². The lowest BCUT2D eigenvalue weighted by Gasteiger charge is -2.13. The normalized spacial score (nSPS) is 21.1. The van der Waals surface area contributed by atoms with Gasteiger partial charge in [0, 0.05) is 12.6 Å². The molecule has 2 nitrogen and oxygen atoms in total. The van der Waals surface area contributed by atoms with E-state index in [1.807, 2.05) is 0 Å². The molecule has 0 saturated carbocycles. The lowest BCUT2D eigenvalue weighted by molar-refractivity contribution is 0.628. The maximum atomic E-state index is 12.7. The summed E-state index contributed by atoms with van der Waals surface area (Å²) in [5.74, 6) is -0.301. The largest absolute Gasteiger partial charge is 0.380 e. The van der Waals surface area contributed by atoms with Gasteiger partial charge in [0.2, 0.25) is 0 Å². The van der Waals surface area contributed by atoms with Crippen LogP contribution in [0.5, 0.6) is 0 Å². The van der Waals surface area contributed by atoms with Gasteiger partial charge in [0.05, 0.1) is 10.7 Å². The predicted octanol–water partition coefficient (Wildman–Crippen LogP) is 2.25. The summed E-state index contributed by atoms with van der Waals surface area (Å²) in [6.07, 6.45) is 1.08. The molecule has 1 unspecified atom stereocenters. The van der Waals surface area contributed by atoms with Gasteiger partial charge < -0.3 is 10.6 Å². The Morgan fingerprint density at radius 1 is 1.50 bits per heavy atom. The Morgan fingerprint density at radius 2 is 2.36 bits per heavy atom. The number of anilines is 1. The van der Waals surface area contributed by atoms with Crippen LogP contribution < -0.4 is 10.6 Å². The molecule has 14 heavy (non-hydrogen) atoms. The van der Waals surface area contributed by atoms with Crippen LogP contribution in [0.3, 0.4) is 0 Å². The summed E-state index contributed by atoms with van der Waals surface area (Å²) in [6, 6.07) is 4.82. The molecule has 2 rings (SSSR count). The molecule has 1 fully saturated rings. The Labute approximate surface area is 87.5 Å². The quantitative estimate of drug-likeness (QED) is 0.789. The average molecular weight is 215 g/mol. The molecule has 1 atom stereocenters. The van der Waals surface area contributed by atoms with E-state index >= 15 is 0 Å². The number of rotatable bonds is 2. The van der Waals surface area contributed by atoms with E-state index in [2.05, 4.69) is 10.6 Å². The van der Waals surface area contributed by atoms with Crippen molar-refractivity contribution >= 4 is 17.3 Å². The van der Waals surface area contributed by atoms with Crippen LogP contribution in [0.1, 0.15) is 6.42 Å². The highest BCUT2D eigenvalue weighted by molar-refractivity contribution is 6.33. The van der Waals surface area contributed by atoms with Crippen molar-refractivity contribution in [2.45, 2.75) is 12.5 Å². The van der Waals surface area contributed by atoms with Crippen molar-refractivity contribution in [2.24, 2.45) is 0 Å². The van der Waals surface area contributed by atoms with Gasteiger partial charge in [0.1, 0.15) is 5.82 Å². The molecule has 0 amide bonds. The number of hydrogen-bond acceptors (Lipinski definition) is 2. The van der Waals surface area contributed by atoms with Crippen molar-refractivity contribution in [3.63, 3.8) is 0 Å². The minimum absolute atomic E-state index is 0.301. The van der Waals surface area contributed by atoms with E-state index in [-0.39, 0.29) is 5.82 Å². The number of hydrogen-bond donors (Lipinski definition) is 2. The van der Waals surface area contributed by atoms with Gasteiger partial charge in [-0.25, -0.2) is 4.39 Å². The van der Waals surface area contributed by atoms with Crippen LogP contribution >= 0.6 is 11.6 Å². The van der Waals surface area contributed by atoms with Crippen LogP contribution in [0.2, 0.25) is 5.02 Å². The summed E-state index contributed by atoms with van der Waals surface area (Å²) >= 11 is 5.89. The van der Waals surface area contributed by atoms with Gasteiger partial charge in [-0.05, 0) is 31.2 Å². The molecule has 0 spiro atoms. The van der Waals surface area contributed by atoms with Crippen molar-refractivity contribution in [1.82, 2.24) is 5.32 Å².